The van der Waals surface area contributed by atoms with Crippen molar-refractivity contribution in [3.63, 3.8) is 0 Å². The highest BCUT2D eigenvalue weighted by Crippen LogP contribution is 1.98. The Labute approximate surface area is 142 Å². The van der Waals surface area contributed by atoms with Crippen LogP contribution >= 0.6 is 0 Å². The molecule has 0 bridgehead atoms. The number of carbonyl (C=O) groups excluding carboxylic acids is 2. The van der Waals surface area contributed by atoms with E-state index in [2.05, 4.69) is 20.9 Å². The lowest BCUT2D eigenvalue weighted by atomic mass is 10.1. The first-order valence-electron chi connectivity index (χ1n) is 8.36. The lowest BCUT2D eigenvalue weighted by Gasteiger charge is -2.26. The van der Waals surface area contributed by atoms with Crippen molar-refractivity contribution in [2.75, 3.05) is 52.5 Å². The predicted molar refractivity (Wildman–Crippen MR) is 91.8 cm³/mol. The lowest BCUT2D eigenvalue weighted by molar-refractivity contribution is -0.120. The zero-order chi connectivity index (χ0) is 17.0. The predicted octanol–water partition coefficient (Wildman–Crippen LogP) is -0.0233. The molecule has 2 rings (SSSR count). The summed E-state index contributed by atoms with van der Waals surface area (Å²) < 4.78 is 5.27. The van der Waals surface area contributed by atoms with E-state index in [0.29, 0.717) is 13.1 Å². The molecule has 3 amide bonds. The summed E-state index contributed by atoms with van der Waals surface area (Å²) in [6.07, 6.45) is 0.776. The number of benzene rings is 1. The highest BCUT2D eigenvalue weighted by molar-refractivity contribution is 5.83. The minimum atomic E-state index is -0.318. The fraction of sp³-hybridized carbons (Fsp3) is 0.529. The molecular weight excluding hydrogens is 308 g/mol. The summed E-state index contributed by atoms with van der Waals surface area (Å²) in [5.74, 6) is -0.186. The number of urea groups is 1. The quantitative estimate of drug-likeness (QED) is 0.624. The van der Waals surface area contributed by atoms with Gasteiger partial charge in [-0.05, 0) is 12.0 Å². The summed E-state index contributed by atoms with van der Waals surface area (Å²) in [7, 11) is 0. The maximum absolute atomic E-state index is 11.7. The Balaban J connectivity index is 1.48. The molecule has 132 valence electrons. The molecule has 1 aromatic carbocycles. The largest absolute Gasteiger partial charge is 0.379 e. The number of hydrogen-bond acceptors (Lipinski definition) is 4. The van der Waals surface area contributed by atoms with Crippen LogP contribution in [0.2, 0.25) is 0 Å². The summed E-state index contributed by atoms with van der Waals surface area (Å²) in [4.78, 5) is 25.6. The molecule has 3 N–H and O–H groups in total. The van der Waals surface area contributed by atoms with E-state index in [0.717, 1.165) is 39.3 Å². The molecule has 24 heavy (non-hydrogen) atoms. The Morgan fingerprint density at radius 2 is 1.75 bits per heavy atom. The summed E-state index contributed by atoms with van der Waals surface area (Å²) in [6.45, 7) is 5.17. The smallest absolute Gasteiger partial charge is 0.315 e. The monoisotopic (exact) mass is 334 g/mol. The van der Waals surface area contributed by atoms with Crippen LogP contribution in [-0.2, 0) is 16.0 Å². The van der Waals surface area contributed by atoms with Gasteiger partial charge in [-0.2, -0.15) is 0 Å². The molecule has 1 fully saturated rings. The van der Waals surface area contributed by atoms with Gasteiger partial charge in [0.1, 0.15) is 0 Å². The van der Waals surface area contributed by atoms with Gasteiger partial charge in [0, 0.05) is 32.7 Å². The molecule has 0 aromatic heterocycles. The molecule has 0 saturated carbocycles. The van der Waals surface area contributed by atoms with Crippen LogP contribution in [0.25, 0.3) is 0 Å². The van der Waals surface area contributed by atoms with Crippen molar-refractivity contribution < 1.29 is 14.3 Å². The maximum atomic E-state index is 11.7. The van der Waals surface area contributed by atoms with Crippen LogP contribution in [0, 0.1) is 0 Å². The lowest BCUT2D eigenvalue weighted by Crippen LogP contribution is -2.46. The van der Waals surface area contributed by atoms with Crippen molar-refractivity contribution in [3.8, 4) is 0 Å². The van der Waals surface area contributed by atoms with Crippen molar-refractivity contribution >= 4 is 11.9 Å². The van der Waals surface area contributed by atoms with Gasteiger partial charge in [0.15, 0.2) is 0 Å². The van der Waals surface area contributed by atoms with E-state index in [1.165, 1.54) is 5.56 Å². The van der Waals surface area contributed by atoms with Gasteiger partial charge in [-0.3, -0.25) is 9.69 Å². The Bertz CT molecular complexity index is 504. The zero-order valence-corrected chi connectivity index (χ0v) is 13.9. The molecule has 7 nitrogen and oxygen atoms in total. The molecule has 0 unspecified atom stereocenters. The number of carbonyl (C=O) groups is 2. The van der Waals surface area contributed by atoms with Gasteiger partial charge in [-0.15, -0.1) is 0 Å². The molecule has 1 saturated heterocycles. The molecule has 0 radical (unpaired) electrons. The SMILES string of the molecule is O=C(CNC(=O)NCCN1CCOCC1)NCCc1ccccc1. The normalized spacial score (nSPS) is 14.8. The summed E-state index contributed by atoms with van der Waals surface area (Å²) >= 11 is 0. The highest BCUT2D eigenvalue weighted by atomic mass is 16.5. The molecule has 0 spiro atoms. The van der Waals surface area contributed by atoms with E-state index in [9.17, 15) is 9.59 Å². The third-order valence-corrected chi connectivity index (χ3v) is 3.81. The van der Waals surface area contributed by atoms with Gasteiger partial charge >= 0.3 is 6.03 Å². The van der Waals surface area contributed by atoms with E-state index >= 15 is 0 Å². The first-order chi connectivity index (χ1) is 11.7. The van der Waals surface area contributed by atoms with Gasteiger partial charge in [0.25, 0.3) is 0 Å². The molecule has 1 aliphatic heterocycles. The van der Waals surface area contributed by atoms with Gasteiger partial charge in [-0.25, -0.2) is 4.79 Å². The van der Waals surface area contributed by atoms with Crippen molar-refractivity contribution in [1.82, 2.24) is 20.9 Å². The number of hydrogen-bond donors (Lipinski definition) is 3. The van der Waals surface area contributed by atoms with E-state index < -0.39 is 0 Å². The number of morpholine rings is 1. The Hall–Kier alpha value is -2.12. The third-order valence-electron chi connectivity index (χ3n) is 3.81. The second kappa shape index (κ2) is 10.6. The van der Waals surface area contributed by atoms with Crippen LogP contribution in [0.4, 0.5) is 4.79 Å². The van der Waals surface area contributed by atoms with E-state index in [-0.39, 0.29) is 18.5 Å². The maximum Gasteiger partial charge on any atom is 0.315 e. The molecule has 1 heterocycles. The minimum absolute atomic E-state index is 0.0157. The van der Waals surface area contributed by atoms with Crippen molar-refractivity contribution in [2.24, 2.45) is 0 Å². The number of amides is 3. The summed E-state index contributed by atoms with van der Waals surface area (Å²) in [5.41, 5.74) is 1.17. The number of nitrogens with one attached hydrogen (secondary N) is 3. The van der Waals surface area contributed by atoms with Crippen LogP contribution in [0.5, 0.6) is 0 Å². The van der Waals surface area contributed by atoms with Crippen molar-refractivity contribution in [3.05, 3.63) is 35.9 Å². The van der Waals surface area contributed by atoms with Crippen LogP contribution in [0.1, 0.15) is 5.56 Å². The zero-order valence-electron chi connectivity index (χ0n) is 13.9. The molecule has 1 aliphatic rings. The number of ether oxygens (including phenoxy) is 1. The first kappa shape index (κ1) is 18.2. The van der Waals surface area contributed by atoms with Gasteiger partial charge in [0.05, 0.1) is 19.8 Å². The Morgan fingerprint density at radius 1 is 1.00 bits per heavy atom. The fourth-order valence-electron chi connectivity index (χ4n) is 2.43. The van der Waals surface area contributed by atoms with Gasteiger partial charge in [0.2, 0.25) is 5.91 Å². The Morgan fingerprint density at radius 3 is 2.50 bits per heavy atom. The van der Waals surface area contributed by atoms with Crippen molar-refractivity contribution in [1.29, 1.82) is 0 Å². The standard InChI is InChI=1S/C17H26N4O3/c22-16(18-7-6-15-4-2-1-3-5-15)14-20-17(23)19-8-9-21-10-12-24-13-11-21/h1-5H,6-14H2,(H,18,22)(H2,19,20,23). The van der Waals surface area contributed by atoms with E-state index in [1.807, 2.05) is 30.3 Å². The molecular formula is C17H26N4O3. The third kappa shape index (κ3) is 7.43. The fourth-order valence-corrected chi connectivity index (χ4v) is 2.43. The first-order valence-corrected chi connectivity index (χ1v) is 8.36. The van der Waals surface area contributed by atoms with E-state index in [4.69, 9.17) is 4.74 Å². The molecule has 7 heteroatoms. The molecule has 0 aliphatic carbocycles. The average Bonchev–Trinajstić information content (AvgIpc) is 2.62. The second-order valence-corrected chi connectivity index (χ2v) is 5.65. The Kier molecular flexibility index (Phi) is 8.06. The number of nitrogens with zero attached hydrogens (tertiary/aromatic N) is 1. The minimum Gasteiger partial charge on any atom is -0.379 e. The molecule has 0 atom stereocenters. The van der Waals surface area contributed by atoms with Gasteiger partial charge < -0.3 is 20.7 Å². The van der Waals surface area contributed by atoms with Crippen LogP contribution in [0.15, 0.2) is 30.3 Å². The average molecular weight is 334 g/mol. The summed E-state index contributed by atoms with van der Waals surface area (Å²) in [5, 5.41) is 8.11. The molecule has 1 aromatic rings. The van der Waals surface area contributed by atoms with E-state index in [1.54, 1.807) is 0 Å². The second-order valence-electron chi connectivity index (χ2n) is 5.65. The van der Waals surface area contributed by atoms with Crippen LogP contribution in [0.3, 0.4) is 0 Å². The van der Waals surface area contributed by atoms with Crippen molar-refractivity contribution in [2.45, 2.75) is 6.42 Å². The van der Waals surface area contributed by atoms with Gasteiger partial charge in [-0.1, -0.05) is 30.3 Å². The summed E-state index contributed by atoms with van der Waals surface area (Å²) in [6, 6.07) is 9.63. The number of rotatable bonds is 8. The topological polar surface area (TPSA) is 82.7 Å². The van der Waals surface area contributed by atoms with Crippen LogP contribution in [-0.4, -0.2) is 69.3 Å². The van der Waals surface area contributed by atoms with Crippen LogP contribution < -0.4 is 16.0 Å². The highest BCUT2D eigenvalue weighted by Gasteiger charge is 2.10.